The maximum Gasteiger partial charge on any atom is 0.397 e. The molecule has 0 spiro atoms. The fourth-order valence-electron chi connectivity index (χ4n) is 0.584. The molecule has 0 radical (unpaired) electrons. The lowest BCUT2D eigenvalue weighted by Crippen LogP contribution is -2.06. The second kappa shape index (κ2) is 5.90. The number of carbonyl (C=O) groups is 1. The molecule has 7 heteroatoms. The topological polar surface area (TPSA) is 89.9 Å². The van der Waals surface area contributed by atoms with Crippen LogP contribution in [0.25, 0.3) is 0 Å². The van der Waals surface area contributed by atoms with E-state index in [4.69, 9.17) is 4.55 Å². The van der Waals surface area contributed by atoms with Gasteiger partial charge in [0, 0.05) is 6.92 Å². The summed E-state index contributed by atoms with van der Waals surface area (Å²) in [5.41, 5.74) is 0. The van der Waals surface area contributed by atoms with Gasteiger partial charge in [-0.3, -0.25) is 9.35 Å². The minimum atomic E-state index is -4.34. The first-order valence-corrected chi connectivity index (χ1v) is 5.03. The molecule has 0 bridgehead atoms. The highest BCUT2D eigenvalue weighted by atomic mass is 32.3. The average molecular weight is 212 g/mol. The Morgan fingerprint density at radius 1 is 1.31 bits per heavy atom. The Kier molecular flexibility index (Phi) is 5.60. The molecule has 0 saturated carbocycles. The van der Waals surface area contributed by atoms with Gasteiger partial charge in [0.2, 0.25) is 0 Å². The Morgan fingerprint density at radius 3 is 2.31 bits per heavy atom. The van der Waals surface area contributed by atoms with E-state index in [0.717, 1.165) is 0 Å². The maximum absolute atomic E-state index is 10.2. The summed E-state index contributed by atoms with van der Waals surface area (Å²) in [6, 6.07) is 0. The zero-order valence-corrected chi connectivity index (χ0v) is 8.04. The summed E-state index contributed by atoms with van der Waals surface area (Å²) in [5.74, 6) is -0.379. The molecular weight excluding hydrogens is 200 g/mol. The van der Waals surface area contributed by atoms with Crippen LogP contribution < -0.4 is 0 Å². The lowest BCUT2D eigenvalue weighted by molar-refractivity contribution is -0.141. The van der Waals surface area contributed by atoms with Crippen LogP contribution >= 0.6 is 0 Å². The van der Waals surface area contributed by atoms with Gasteiger partial charge in [-0.05, 0) is 12.8 Å². The molecule has 0 rings (SSSR count). The first-order chi connectivity index (χ1) is 5.92. The van der Waals surface area contributed by atoms with Crippen molar-refractivity contribution in [2.45, 2.75) is 19.8 Å². The summed E-state index contributed by atoms with van der Waals surface area (Å²) < 4.78 is 36.8. The molecular formula is C6H12O6S. The second-order valence-corrected chi connectivity index (χ2v) is 3.39. The molecule has 13 heavy (non-hydrogen) atoms. The highest BCUT2D eigenvalue weighted by Crippen LogP contribution is 1.94. The largest absolute Gasteiger partial charge is 0.466 e. The van der Waals surface area contributed by atoms with Crippen molar-refractivity contribution in [2.75, 3.05) is 13.2 Å². The Balaban J connectivity index is 3.23. The fourth-order valence-corrected chi connectivity index (χ4v) is 0.913. The molecule has 0 saturated heterocycles. The summed E-state index contributed by atoms with van der Waals surface area (Å²) in [5, 5.41) is 0. The summed E-state index contributed by atoms with van der Waals surface area (Å²) in [4.78, 5) is 10.2. The van der Waals surface area contributed by atoms with Gasteiger partial charge in [-0.2, -0.15) is 8.42 Å². The quantitative estimate of drug-likeness (QED) is 0.383. The van der Waals surface area contributed by atoms with Crippen LogP contribution in [0, 0.1) is 0 Å². The lowest BCUT2D eigenvalue weighted by atomic mass is 10.3. The third kappa shape index (κ3) is 11.3. The van der Waals surface area contributed by atoms with Crippen LogP contribution in [-0.4, -0.2) is 32.2 Å². The van der Waals surface area contributed by atoms with E-state index >= 15 is 0 Å². The third-order valence-electron chi connectivity index (χ3n) is 1.08. The average Bonchev–Trinajstić information content (AvgIpc) is 1.93. The molecule has 0 atom stereocenters. The molecule has 0 aromatic heterocycles. The van der Waals surface area contributed by atoms with E-state index in [2.05, 4.69) is 8.92 Å². The Bertz CT molecular complexity index is 244. The molecule has 0 fully saturated rings. The smallest absolute Gasteiger partial charge is 0.397 e. The predicted octanol–water partition coefficient (Wildman–Crippen LogP) is 0.149. The lowest BCUT2D eigenvalue weighted by Gasteiger charge is -2.01. The van der Waals surface area contributed by atoms with Gasteiger partial charge in [0.05, 0.1) is 13.2 Å². The van der Waals surface area contributed by atoms with E-state index in [9.17, 15) is 13.2 Å². The van der Waals surface area contributed by atoms with Crippen molar-refractivity contribution >= 4 is 16.4 Å². The van der Waals surface area contributed by atoms with E-state index < -0.39 is 10.4 Å². The van der Waals surface area contributed by atoms with Gasteiger partial charge in [0.1, 0.15) is 0 Å². The Labute approximate surface area is 76.8 Å². The molecule has 78 valence electrons. The van der Waals surface area contributed by atoms with Crippen LogP contribution in [0.3, 0.4) is 0 Å². The van der Waals surface area contributed by atoms with Crippen LogP contribution in [0.2, 0.25) is 0 Å². The third-order valence-corrected chi connectivity index (χ3v) is 1.54. The van der Waals surface area contributed by atoms with Gasteiger partial charge in [-0.1, -0.05) is 0 Å². The van der Waals surface area contributed by atoms with Crippen LogP contribution in [0.4, 0.5) is 0 Å². The number of unbranched alkanes of at least 4 members (excludes halogenated alkanes) is 1. The number of ether oxygens (including phenoxy) is 1. The molecule has 1 N–H and O–H groups in total. The molecule has 0 aromatic rings. The number of carbonyl (C=O) groups excluding carboxylic acids is 1. The zero-order chi connectivity index (χ0) is 10.3. The van der Waals surface area contributed by atoms with Gasteiger partial charge >= 0.3 is 16.4 Å². The summed E-state index contributed by atoms with van der Waals surface area (Å²) in [6.45, 7) is 1.40. The van der Waals surface area contributed by atoms with Crippen LogP contribution in [-0.2, 0) is 24.1 Å². The van der Waals surface area contributed by atoms with Crippen molar-refractivity contribution in [3.63, 3.8) is 0 Å². The molecule has 0 amide bonds. The first-order valence-electron chi connectivity index (χ1n) is 3.67. The van der Waals surface area contributed by atoms with Gasteiger partial charge in [-0.15, -0.1) is 0 Å². The van der Waals surface area contributed by atoms with Gasteiger partial charge in [0.15, 0.2) is 0 Å². The van der Waals surface area contributed by atoms with Crippen molar-refractivity contribution in [3.05, 3.63) is 0 Å². The van der Waals surface area contributed by atoms with Gasteiger partial charge in [-0.25, -0.2) is 4.18 Å². The van der Waals surface area contributed by atoms with Crippen molar-refractivity contribution < 1.29 is 26.7 Å². The standard InChI is InChI=1S/C6H12O6S/c1-6(7)11-4-2-3-5-12-13(8,9)10/h2-5H2,1H3,(H,8,9,10). The van der Waals surface area contributed by atoms with Gasteiger partial charge < -0.3 is 4.74 Å². The molecule has 6 nitrogen and oxygen atoms in total. The highest BCUT2D eigenvalue weighted by molar-refractivity contribution is 7.80. The predicted molar refractivity (Wildman–Crippen MR) is 43.4 cm³/mol. The van der Waals surface area contributed by atoms with E-state index in [1.807, 2.05) is 0 Å². The fraction of sp³-hybridized carbons (Fsp3) is 0.833. The molecule has 0 aromatic carbocycles. The monoisotopic (exact) mass is 212 g/mol. The molecule has 0 heterocycles. The molecule has 0 aliphatic carbocycles. The first kappa shape index (κ1) is 12.3. The van der Waals surface area contributed by atoms with Crippen molar-refractivity contribution in [1.29, 1.82) is 0 Å². The number of esters is 1. The Morgan fingerprint density at radius 2 is 1.85 bits per heavy atom. The van der Waals surface area contributed by atoms with Gasteiger partial charge in [0.25, 0.3) is 0 Å². The van der Waals surface area contributed by atoms with Crippen molar-refractivity contribution in [3.8, 4) is 0 Å². The minimum Gasteiger partial charge on any atom is -0.466 e. The summed E-state index contributed by atoms with van der Waals surface area (Å²) in [7, 11) is -4.34. The summed E-state index contributed by atoms with van der Waals surface area (Å²) in [6.07, 6.45) is 0.891. The normalized spacial score (nSPS) is 11.2. The van der Waals surface area contributed by atoms with Crippen molar-refractivity contribution in [2.24, 2.45) is 0 Å². The van der Waals surface area contributed by atoms with Crippen molar-refractivity contribution in [1.82, 2.24) is 0 Å². The zero-order valence-electron chi connectivity index (χ0n) is 7.23. The van der Waals surface area contributed by atoms with E-state index in [1.54, 1.807) is 0 Å². The van der Waals surface area contributed by atoms with Crippen LogP contribution in [0.1, 0.15) is 19.8 Å². The number of rotatable bonds is 6. The van der Waals surface area contributed by atoms with E-state index in [1.165, 1.54) is 6.92 Å². The SMILES string of the molecule is CC(=O)OCCCCOS(=O)(=O)O. The highest BCUT2D eigenvalue weighted by Gasteiger charge is 2.02. The van der Waals surface area contributed by atoms with E-state index in [0.29, 0.717) is 12.8 Å². The number of hydrogen-bond acceptors (Lipinski definition) is 5. The van der Waals surface area contributed by atoms with Crippen LogP contribution in [0.15, 0.2) is 0 Å². The number of hydrogen-bond donors (Lipinski definition) is 1. The maximum atomic E-state index is 10.2. The Hall–Kier alpha value is -0.660. The van der Waals surface area contributed by atoms with Crippen LogP contribution in [0.5, 0.6) is 0 Å². The molecule has 0 aliphatic heterocycles. The molecule has 0 unspecified atom stereocenters. The van der Waals surface area contributed by atoms with E-state index in [-0.39, 0.29) is 19.2 Å². The second-order valence-electron chi connectivity index (χ2n) is 2.30. The summed E-state index contributed by atoms with van der Waals surface area (Å²) >= 11 is 0. The minimum absolute atomic E-state index is 0.111. The molecule has 0 aliphatic rings.